The Balaban J connectivity index is 2.31. The second kappa shape index (κ2) is 7.81. The van der Waals surface area contributed by atoms with Crippen molar-refractivity contribution in [3.05, 3.63) is 0 Å². The van der Waals surface area contributed by atoms with E-state index in [4.69, 9.17) is 5.11 Å². The minimum atomic E-state index is -3.12. The lowest BCUT2D eigenvalue weighted by Gasteiger charge is -2.30. The molecule has 0 bridgehead atoms. The number of amides is 1. The van der Waals surface area contributed by atoms with Crippen LogP contribution in [0.1, 0.15) is 32.6 Å². The highest BCUT2D eigenvalue weighted by atomic mass is 32.2. The van der Waals surface area contributed by atoms with Gasteiger partial charge in [-0.05, 0) is 32.6 Å². The van der Waals surface area contributed by atoms with Crippen LogP contribution in [0.5, 0.6) is 0 Å². The SMILES string of the molecule is CCS(=O)(=O)N1CCC(C(=O)NCCCCO)CC1. The lowest BCUT2D eigenvalue weighted by molar-refractivity contribution is -0.126. The smallest absolute Gasteiger partial charge is 0.223 e. The van der Waals surface area contributed by atoms with E-state index in [1.807, 2.05) is 0 Å². The molecule has 1 aliphatic rings. The molecular formula is C12H24N2O4S. The van der Waals surface area contributed by atoms with Crippen LogP contribution in [0.2, 0.25) is 0 Å². The van der Waals surface area contributed by atoms with Crippen LogP contribution in [0.25, 0.3) is 0 Å². The molecule has 0 aromatic carbocycles. The first-order valence-electron chi connectivity index (χ1n) is 6.87. The van der Waals surface area contributed by atoms with Gasteiger partial charge < -0.3 is 10.4 Å². The summed E-state index contributed by atoms with van der Waals surface area (Å²) in [5, 5.41) is 11.5. The molecule has 2 N–H and O–H groups in total. The number of nitrogens with zero attached hydrogens (tertiary/aromatic N) is 1. The van der Waals surface area contributed by atoms with Gasteiger partial charge in [-0.1, -0.05) is 0 Å². The number of hydrogen-bond donors (Lipinski definition) is 2. The highest BCUT2D eigenvalue weighted by Gasteiger charge is 2.29. The van der Waals surface area contributed by atoms with Gasteiger partial charge in [-0.15, -0.1) is 0 Å². The molecule has 0 aliphatic carbocycles. The Labute approximate surface area is 115 Å². The van der Waals surface area contributed by atoms with Gasteiger partial charge in [-0.3, -0.25) is 4.79 Å². The Hall–Kier alpha value is -0.660. The second-order valence-corrected chi connectivity index (χ2v) is 7.05. The molecule has 0 aromatic rings. The number of aliphatic hydroxyl groups excluding tert-OH is 1. The van der Waals surface area contributed by atoms with Crippen molar-refractivity contribution in [2.75, 3.05) is 32.0 Å². The zero-order chi connectivity index (χ0) is 14.3. The molecule has 0 aromatic heterocycles. The summed E-state index contributed by atoms with van der Waals surface area (Å²) < 4.78 is 24.8. The van der Waals surface area contributed by atoms with Gasteiger partial charge in [-0.25, -0.2) is 12.7 Å². The first kappa shape index (κ1) is 16.4. The summed E-state index contributed by atoms with van der Waals surface area (Å²) in [6, 6.07) is 0. The zero-order valence-corrected chi connectivity index (χ0v) is 12.3. The van der Waals surface area contributed by atoms with Gasteiger partial charge in [0.2, 0.25) is 15.9 Å². The maximum atomic E-state index is 11.8. The first-order valence-corrected chi connectivity index (χ1v) is 8.48. The molecule has 0 radical (unpaired) electrons. The summed E-state index contributed by atoms with van der Waals surface area (Å²) in [5.41, 5.74) is 0. The molecule has 1 heterocycles. The molecule has 0 unspecified atom stereocenters. The number of carbonyl (C=O) groups excluding carboxylic acids is 1. The number of unbranched alkanes of at least 4 members (excludes halogenated alkanes) is 1. The highest BCUT2D eigenvalue weighted by Crippen LogP contribution is 2.19. The molecule has 1 saturated heterocycles. The van der Waals surface area contributed by atoms with E-state index in [9.17, 15) is 13.2 Å². The fraction of sp³-hybridized carbons (Fsp3) is 0.917. The third-order valence-corrected chi connectivity index (χ3v) is 5.35. The van der Waals surface area contributed by atoms with E-state index in [1.165, 1.54) is 4.31 Å². The molecule has 112 valence electrons. The van der Waals surface area contributed by atoms with Crippen LogP contribution in [-0.2, 0) is 14.8 Å². The van der Waals surface area contributed by atoms with Gasteiger partial charge in [0.25, 0.3) is 0 Å². The highest BCUT2D eigenvalue weighted by molar-refractivity contribution is 7.89. The van der Waals surface area contributed by atoms with E-state index < -0.39 is 10.0 Å². The van der Waals surface area contributed by atoms with E-state index in [-0.39, 0.29) is 24.2 Å². The summed E-state index contributed by atoms with van der Waals surface area (Å²) >= 11 is 0. The number of carbonyl (C=O) groups is 1. The molecule has 1 amide bonds. The third kappa shape index (κ3) is 5.08. The van der Waals surface area contributed by atoms with Crippen molar-refractivity contribution in [2.45, 2.75) is 32.6 Å². The van der Waals surface area contributed by atoms with Crippen LogP contribution in [0.15, 0.2) is 0 Å². The molecular weight excluding hydrogens is 268 g/mol. The van der Waals surface area contributed by atoms with Gasteiger partial charge >= 0.3 is 0 Å². The van der Waals surface area contributed by atoms with Crippen molar-refractivity contribution < 1.29 is 18.3 Å². The normalized spacial score (nSPS) is 18.4. The molecule has 1 rings (SSSR count). The summed E-state index contributed by atoms with van der Waals surface area (Å²) in [6.45, 7) is 3.22. The van der Waals surface area contributed by atoms with Crippen molar-refractivity contribution >= 4 is 15.9 Å². The Morgan fingerprint density at radius 3 is 2.47 bits per heavy atom. The van der Waals surface area contributed by atoms with Crippen LogP contribution >= 0.6 is 0 Å². The zero-order valence-electron chi connectivity index (χ0n) is 11.5. The molecule has 0 atom stereocenters. The van der Waals surface area contributed by atoms with Crippen LogP contribution in [0, 0.1) is 5.92 Å². The monoisotopic (exact) mass is 292 g/mol. The van der Waals surface area contributed by atoms with E-state index in [0.29, 0.717) is 38.9 Å². The average Bonchev–Trinajstić information content (AvgIpc) is 2.43. The summed E-state index contributed by atoms with van der Waals surface area (Å²) in [7, 11) is -3.12. The van der Waals surface area contributed by atoms with Crippen molar-refractivity contribution in [1.29, 1.82) is 0 Å². The Morgan fingerprint density at radius 1 is 1.32 bits per heavy atom. The van der Waals surface area contributed by atoms with Gasteiger partial charge in [0, 0.05) is 32.2 Å². The summed E-state index contributed by atoms with van der Waals surface area (Å²) in [5.74, 6) is 0.0364. The Bertz CT molecular complexity index is 375. The minimum Gasteiger partial charge on any atom is -0.396 e. The number of sulfonamides is 1. The first-order chi connectivity index (χ1) is 9.01. The summed E-state index contributed by atoms with van der Waals surface area (Å²) in [4.78, 5) is 11.8. The maximum Gasteiger partial charge on any atom is 0.223 e. The van der Waals surface area contributed by atoms with Gasteiger partial charge in [0.15, 0.2) is 0 Å². The molecule has 7 heteroatoms. The second-order valence-electron chi connectivity index (χ2n) is 4.80. The number of piperidine rings is 1. The average molecular weight is 292 g/mol. The van der Waals surface area contributed by atoms with Crippen molar-refractivity contribution in [3.63, 3.8) is 0 Å². The molecule has 1 fully saturated rings. The Morgan fingerprint density at radius 2 is 1.95 bits per heavy atom. The predicted molar refractivity (Wildman–Crippen MR) is 73.1 cm³/mol. The van der Waals surface area contributed by atoms with Crippen molar-refractivity contribution in [3.8, 4) is 0 Å². The Kier molecular flexibility index (Phi) is 6.74. The molecule has 6 nitrogen and oxygen atoms in total. The summed E-state index contributed by atoms with van der Waals surface area (Å²) in [6.07, 6.45) is 2.63. The van der Waals surface area contributed by atoms with Crippen molar-refractivity contribution in [2.24, 2.45) is 5.92 Å². The molecule has 0 saturated carbocycles. The number of aliphatic hydroxyl groups is 1. The van der Waals surface area contributed by atoms with Gasteiger partial charge in [0.05, 0.1) is 5.75 Å². The lowest BCUT2D eigenvalue weighted by atomic mass is 9.97. The lowest BCUT2D eigenvalue weighted by Crippen LogP contribution is -2.43. The minimum absolute atomic E-state index is 0.00601. The van der Waals surface area contributed by atoms with Crippen molar-refractivity contribution in [1.82, 2.24) is 9.62 Å². The quantitative estimate of drug-likeness (QED) is 0.643. The third-order valence-electron chi connectivity index (χ3n) is 3.47. The topological polar surface area (TPSA) is 86.7 Å². The fourth-order valence-electron chi connectivity index (χ4n) is 2.17. The van der Waals surface area contributed by atoms with Gasteiger partial charge in [0.1, 0.15) is 0 Å². The van der Waals surface area contributed by atoms with Gasteiger partial charge in [-0.2, -0.15) is 0 Å². The predicted octanol–water partition coefficient (Wildman–Crippen LogP) is -0.0632. The standard InChI is InChI=1S/C12H24N2O4S/c1-2-19(17,18)14-8-5-11(6-9-14)12(16)13-7-3-4-10-15/h11,15H,2-10H2,1H3,(H,13,16). The van der Waals surface area contributed by atoms with E-state index >= 15 is 0 Å². The number of hydrogen-bond acceptors (Lipinski definition) is 4. The van der Waals surface area contributed by atoms with Crippen LogP contribution in [0.4, 0.5) is 0 Å². The van der Waals surface area contributed by atoms with E-state index in [2.05, 4.69) is 5.32 Å². The molecule has 0 spiro atoms. The van der Waals surface area contributed by atoms with E-state index in [1.54, 1.807) is 6.92 Å². The van der Waals surface area contributed by atoms with Crippen LogP contribution < -0.4 is 5.32 Å². The largest absolute Gasteiger partial charge is 0.396 e. The van der Waals surface area contributed by atoms with E-state index in [0.717, 1.165) is 6.42 Å². The van der Waals surface area contributed by atoms with Crippen LogP contribution in [-0.4, -0.2) is 55.7 Å². The molecule has 19 heavy (non-hydrogen) atoms. The number of nitrogens with one attached hydrogen (secondary N) is 1. The van der Waals surface area contributed by atoms with Crippen LogP contribution in [0.3, 0.4) is 0 Å². The number of rotatable bonds is 7. The maximum absolute atomic E-state index is 11.8. The fourth-order valence-corrected chi connectivity index (χ4v) is 3.30. The molecule has 1 aliphatic heterocycles.